The lowest BCUT2D eigenvalue weighted by atomic mass is 10.2. The van der Waals surface area contributed by atoms with Gasteiger partial charge in [0.25, 0.3) is 0 Å². The lowest BCUT2D eigenvalue weighted by Gasteiger charge is -2.16. The molecule has 21 heavy (non-hydrogen) atoms. The Morgan fingerprint density at radius 1 is 1.19 bits per heavy atom. The molecular formula is C17H18N2OS. The van der Waals surface area contributed by atoms with Gasteiger partial charge in [0.15, 0.2) is 0 Å². The summed E-state index contributed by atoms with van der Waals surface area (Å²) in [7, 11) is 1.70. The second-order valence-electron chi connectivity index (χ2n) is 5.09. The van der Waals surface area contributed by atoms with E-state index in [1.165, 1.54) is 10.3 Å². The minimum Gasteiger partial charge on any atom is -0.495 e. The molecule has 4 heteroatoms. The molecule has 0 aliphatic carbocycles. The maximum absolute atomic E-state index is 5.44. The number of rotatable bonds is 4. The van der Waals surface area contributed by atoms with Crippen molar-refractivity contribution < 1.29 is 4.74 Å². The molecule has 1 aromatic heterocycles. The van der Waals surface area contributed by atoms with E-state index in [-0.39, 0.29) is 6.04 Å². The second kappa shape index (κ2) is 5.74. The van der Waals surface area contributed by atoms with Crippen molar-refractivity contribution in [2.45, 2.75) is 19.9 Å². The van der Waals surface area contributed by atoms with E-state index in [0.717, 1.165) is 22.0 Å². The van der Waals surface area contributed by atoms with Gasteiger partial charge in [0.1, 0.15) is 10.8 Å². The van der Waals surface area contributed by atoms with E-state index in [4.69, 9.17) is 9.72 Å². The third-order valence-electron chi connectivity index (χ3n) is 3.41. The highest BCUT2D eigenvalue weighted by atomic mass is 32.1. The number of aryl methyl sites for hydroxylation is 1. The van der Waals surface area contributed by atoms with E-state index >= 15 is 0 Å². The fraction of sp³-hybridized carbons (Fsp3) is 0.235. The Kier molecular flexibility index (Phi) is 3.80. The number of aromatic nitrogens is 1. The zero-order valence-corrected chi connectivity index (χ0v) is 13.2. The van der Waals surface area contributed by atoms with Crippen molar-refractivity contribution in [2.75, 3.05) is 12.4 Å². The van der Waals surface area contributed by atoms with Crippen LogP contribution in [0.5, 0.6) is 5.75 Å². The number of methoxy groups -OCH3 is 1. The molecule has 1 unspecified atom stereocenters. The first-order valence-electron chi connectivity index (χ1n) is 6.94. The van der Waals surface area contributed by atoms with Gasteiger partial charge in [-0.2, -0.15) is 0 Å². The molecule has 0 spiro atoms. The fourth-order valence-corrected chi connectivity index (χ4v) is 3.26. The summed E-state index contributed by atoms with van der Waals surface area (Å²) in [6.07, 6.45) is 0. The molecule has 0 fully saturated rings. The first-order valence-corrected chi connectivity index (χ1v) is 7.75. The molecule has 0 saturated heterocycles. The van der Waals surface area contributed by atoms with Gasteiger partial charge in [-0.25, -0.2) is 4.98 Å². The second-order valence-corrected chi connectivity index (χ2v) is 6.15. The highest BCUT2D eigenvalue weighted by Crippen LogP contribution is 2.32. The number of benzene rings is 2. The summed E-state index contributed by atoms with van der Waals surface area (Å²) in [6, 6.07) is 14.5. The average molecular weight is 298 g/mol. The quantitative estimate of drug-likeness (QED) is 0.752. The Morgan fingerprint density at radius 2 is 2.00 bits per heavy atom. The molecule has 3 aromatic rings. The van der Waals surface area contributed by atoms with Crippen molar-refractivity contribution in [1.82, 2.24) is 4.98 Å². The molecule has 1 atom stereocenters. The van der Waals surface area contributed by atoms with Crippen molar-refractivity contribution in [3.8, 4) is 5.75 Å². The first kappa shape index (κ1) is 13.9. The number of nitrogens with zero attached hydrogens (tertiary/aromatic N) is 1. The molecule has 0 saturated carbocycles. The van der Waals surface area contributed by atoms with Crippen LogP contribution in [0.25, 0.3) is 10.2 Å². The van der Waals surface area contributed by atoms with Crippen LogP contribution >= 0.6 is 11.3 Å². The van der Waals surface area contributed by atoms with Crippen molar-refractivity contribution in [2.24, 2.45) is 0 Å². The molecule has 0 bridgehead atoms. The number of anilines is 1. The normalized spacial score (nSPS) is 12.3. The van der Waals surface area contributed by atoms with Gasteiger partial charge in [0.2, 0.25) is 0 Å². The Morgan fingerprint density at radius 3 is 2.76 bits per heavy atom. The van der Waals surface area contributed by atoms with Crippen molar-refractivity contribution in [1.29, 1.82) is 0 Å². The van der Waals surface area contributed by atoms with E-state index in [1.54, 1.807) is 18.4 Å². The molecule has 108 valence electrons. The Balaban J connectivity index is 1.87. The zero-order valence-electron chi connectivity index (χ0n) is 12.4. The predicted octanol–water partition coefficient (Wildman–Crippen LogP) is 4.79. The summed E-state index contributed by atoms with van der Waals surface area (Å²) in [6.45, 7) is 4.18. The number of para-hydroxylation sites is 1. The van der Waals surface area contributed by atoms with Crippen LogP contribution in [0.4, 0.5) is 5.69 Å². The van der Waals surface area contributed by atoms with Crippen LogP contribution in [-0.4, -0.2) is 12.1 Å². The Bertz CT molecular complexity index is 733. The van der Waals surface area contributed by atoms with Crippen LogP contribution in [0.2, 0.25) is 0 Å². The van der Waals surface area contributed by atoms with Gasteiger partial charge in [-0.05, 0) is 43.7 Å². The van der Waals surface area contributed by atoms with E-state index in [9.17, 15) is 0 Å². The summed E-state index contributed by atoms with van der Waals surface area (Å²) in [5, 5.41) is 4.57. The number of ether oxygens (including phenoxy) is 1. The number of fused-ring (bicyclic) bond motifs is 1. The number of thiazole rings is 1. The SMILES string of the molecule is COc1cc(C)ccc1NC(C)c1nc2ccccc2s1. The lowest BCUT2D eigenvalue weighted by Crippen LogP contribution is -2.07. The monoisotopic (exact) mass is 298 g/mol. The standard InChI is InChI=1S/C17H18N2OS/c1-11-8-9-13(15(10-11)20-3)18-12(2)17-19-14-6-4-5-7-16(14)21-17/h4-10,12,18H,1-3H3. The summed E-state index contributed by atoms with van der Waals surface area (Å²) in [5.74, 6) is 0.864. The van der Waals surface area contributed by atoms with Crippen LogP contribution in [0.3, 0.4) is 0 Å². The molecule has 1 N–H and O–H groups in total. The highest BCUT2D eigenvalue weighted by molar-refractivity contribution is 7.18. The predicted molar refractivity (Wildman–Crippen MR) is 89.4 cm³/mol. The number of hydrogen-bond donors (Lipinski definition) is 1. The van der Waals surface area contributed by atoms with Gasteiger partial charge < -0.3 is 10.1 Å². The molecule has 1 heterocycles. The molecule has 2 aromatic carbocycles. The van der Waals surface area contributed by atoms with E-state index in [1.807, 2.05) is 18.2 Å². The van der Waals surface area contributed by atoms with Gasteiger partial charge in [0.05, 0.1) is 29.1 Å². The van der Waals surface area contributed by atoms with Crippen molar-refractivity contribution in [3.63, 3.8) is 0 Å². The maximum Gasteiger partial charge on any atom is 0.142 e. The van der Waals surface area contributed by atoms with Crippen LogP contribution in [0.1, 0.15) is 23.5 Å². The third kappa shape index (κ3) is 2.85. The van der Waals surface area contributed by atoms with Crippen molar-refractivity contribution >= 4 is 27.2 Å². The third-order valence-corrected chi connectivity index (χ3v) is 4.63. The number of hydrogen-bond acceptors (Lipinski definition) is 4. The average Bonchev–Trinajstić information content (AvgIpc) is 2.93. The first-order chi connectivity index (χ1) is 10.2. The van der Waals surface area contributed by atoms with E-state index in [0.29, 0.717) is 0 Å². The minimum absolute atomic E-state index is 0.138. The lowest BCUT2D eigenvalue weighted by molar-refractivity contribution is 0.416. The molecular weight excluding hydrogens is 280 g/mol. The highest BCUT2D eigenvalue weighted by Gasteiger charge is 2.13. The molecule has 3 nitrogen and oxygen atoms in total. The molecule has 0 radical (unpaired) electrons. The zero-order chi connectivity index (χ0) is 14.8. The van der Waals surface area contributed by atoms with Crippen LogP contribution in [0.15, 0.2) is 42.5 Å². The summed E-state index contributed by atoms with van der Waals surface area (Å²) < 4.78 is 6.66. The fourth-order valence-electron chi connectivity index (χ4n) is 2.29. The summed E-state index contributed by atoms with van der Waals surface area (Å²) in [4.78, 5) is 4.70. The van der Waals surface area contributed by atoms with Crippen LogP contribution in [0, 0.1) is 6.92 Å². The van der Waals surface area contributed by atoms with Gasteiger partial charge in [-0.3, -0.25) is 0 Å². The van der Waals surface area contributed by atoms with Crippen molar-refractivity contribution in [3.05, 3.63) is 53.0 Å². The van der Waals surface area contributed by atoms with Gasteiger partial charge >= 0.3 is 0 Å². The van der Waals surface area contributed by atoms with Crippen LogP contribution < -0.4 is 10.1 Å². The Hall–Kier alpha value is -2.07. The van der Waals surface area contributed by atoms with Gasteiger partial charge in [-0.1, -0.05) is 18.2 Å². The van der Waals surface area contributed by atoms with Crippen LogP contribution in [-0.2, 0) is 0 Å². The molecule has 0 aliphatic heterocycles. The van der Waals surface area contributed by atoms with Gasteiger partial charge in [-0.15, -0.1) is 11.3 Å². The van der Waals surface area contributed by atoms with E-state index < -0.39 is 0 Å². The van der Waals surface area contributed by atoms with Gasteiger partial charge in [0, 0.05) is 0 Å². The smallest absolute Gasteiger partial charge is 0.142 e. The largest absolute Gasteiger partial charge is 0.495 e. The maximum atomic E-state index is 5.44. The topological polar surface area (TPSA) is 34.1 Å². The minimum atomic E-state index is 0.138. The van der Waals surface area contributed by atoms with E-state index in [2.05, 4.69) is 43.4 Å². The number of nitrogens with one attached hydrogen (secondary N) is 1. The summed E-state index contributed by atoms with van der Waals surface area (Å²) >= 11 is 1.73. The molecule has 0 aliphatic rings. The Labute approximate surface area is 128 Å². The summed E-state index contributed by atoms with van der Waals surface area (Å²) in [5.41, 5.74) is 3.24. The molecule has 0 amide bonds. The molecule has 3 rings (SSSR count).